The van der Waals surface area contributed by atoms with Crippen LogP contribution in [-0.4, -0.2) is 53.7 Å². The van der Waals surface area contributed by atoms with Crippen LogP contribution in [0.1, 0.15) is 43.2 Å². The van der Waals surface area contributed by atoms with Crippen LogP contribution in [0.5, 0.6) is 0 Å². The standard InChI is InChI=1S/C25H28N2O5/c1-15(24(29)30)27(2)23(28)22(16-8-7-9-16)26-25(31)32-14-21-19-12-5-3-10-17(19)18-11-4-6-13-20(18)21/h3-6,10-13,15-16,21-22H,7-9,14H2,1-2H3,(H,26,31)(H,29,30). The van der Waals surface area contributed by atoms with Crippen molar-refractivity contribution in [2.24, 2.45) is 5.92 Å². The highest BCUT2D eigenvalue weighted by atomic mass is 16.5. The molecule has 0 bridgehead atoms. The highest BCUT2D eigenvalue weighted by Crippen LogP contribution is 2.44. The maximum absolute atomic E-state index is 12.9. The maximum atomic E-state index is 12.9. The summed E-state index contributed by atoms with van der Waals surface area (Å²) in [6.07, 6.45) is 1.96. The molecule has 2 N–H and O–H groups in total. The lowest BCUT2D eigenvalue weighted by molar-refractivity contribution is -0.149. The number of ether oxygens (including phenoxy) is 1. The molecule has 1 saturated carbocycles. The van der Waals surface area contributed by atoms with E-state index in [1.54, 1.807) is 0 Å². The summed E-state index contributed by atoms with van der Waals surface area (Å²) >= 11 is 0. The number of amides is 2. The molecule has 0 aromatic heterocycles. The van der Waals surface area contributed by atoms with Crippen LogP contribution in [0.4, 0.5) is 4.79 Å². The van der Waals surface area contributed by atoms with Gasteiger partial charge in [0.05, 0.1) is 0 Å². The largest absolute Gasteiger partial charge is 0.480 e. The molecule has 2 aromatic rings. The minimum absolute atomic E-state index is 0.00794. The molecular formula is C25H28N2O5. The zero-order valence-corrected chi connectivity index (χ0v) is 18.3. The van der Waals surface area contributed by atoms with E-state index in [2.05, 4.69) is 17.4 Å². The van der Waals surface area contributed by atoms with E-state index in [1.165, 1.54) is 18.9 Å². The summed E-state index contributed by atoms with van der Waals surface area (Å²) in [5.74, 6) is -1.57. The summed E-state index contributed by atoms with van der Waals surface area (Å²) in [6, 6.07) is 14.4. The molecule has 1 fully saturated rings. The normalized spacial score (nSPS) is 16.8. The van der Waals surface area contributed by atoms with E-state index in [1.807, 2.05) is 36.4 Å². The van der Waals surface area contributed by atoms with E-state index in [0.29, 0.717) is 0 Å². The molecule has 2 amide bonds. The highest BCUT2D eigenvalue weighted by molar-refractivity contribution is 5.89. The lowest BCUT2D eigenvalue weighted by Crippen LogP contribution is -2.55. The van der Waals surface area contributed by atoms with Crippen molar-refractivity contribution < 1.29 is 24.2 Å². The molecule has 0 saturated heterocycles. The second kappa shape index (κ2) is 9.02. The molecule has 0 radical (unpaired) electrons. The van der Waals surface area contributed by atoms with Crippen molar-refractivity contribution >= 4 is 18.0 Å². The fraction of sp³-hybridized carbons (Fsp3) is 0.400. The first-order chi connectivity index (χ1) is 15.4. The quantitative estimate of drug-likeness (QED) is 0.691. The number of carboxylic acids is 1. The predicted octanol–water partition coefficient (Wildman–Crippen LogP) is 3.63. The average Bonchev–Trinajstić information content (AvgIpc) is 3.08. The van der Waals surface area contributed by atoms with Crippen molar-refractivity contribution in [3.8, 4) is 11.1 Å². The Labute approximate surface area is 187 Å². The fourth-order valence-electron chi connectivity index (χ4n) is 4.50. The van der Waals surface area contributed by atoms with E-state index >= 15 is 0 Å². The van der Waals surface area contributed by atoms with E-state index in [9.17, 15) is 19.5 Å². The first kappa shape index (κ1) is 21.9. The number of carbonyl (C=O) groups is 3. The lowest BCUT2D eigenvalue weighted by atomic mass is 9.79. The van der Waals surface area contributed by atoms with Gasteiger partial charge in [0.25, 0.3) is 0 Å². The molecule has 168 valence electrons. The van der Waals surface area contributed by atoms with E-state index in [0.717, 1.165) is 41.5 Å². The van der Waals surface area contributed by atoms with Crippen LogP contribution in [0.15, 0.2) is 48.5 Å². The zero-order valence-electron chi connectivity index (χ0n) is 18.3. The SMILES string of the molecule is CC(C(=O)O)N(C)C(=O)C(NC(=O)OCC1c2ccccc2-c2ccccc21)C1CCC1. The zero-order chi connectivity index (χ0) is 22.8. The molecule has 2 aromatic carbocycles. The minimum Gasteiger partial charge on any atom is -0.480 e. The maximum Gasteiger partial charge on any atom is 0.407 e. The summed E-state index contributed by atoms with van der Waals surface area (Å²) in [7, 11) is 1.45. The Kier molecular flexibility index (Phi) is 6.17. The molecule has 2 aliphatic rings. The van der Waals surface area contributed by atoms with Gasteiger partial charge in [0.15, 0.2) is 0 Å². The van der Waals surface area contributed by atoms with Gasteiger partial charge in [-0.1, -0.05) is 55.0 Å². The Bertz CT molecular complexity index is 987. The van der Waals surface area contributed by atoms with Gasteiger partial charge in [0.1, 0.15) is 18.7 Å². The monoisotopic (exact) mass is 436 g/mol. The number of likely N-dealkylation sites (N-methyl/N-ethyl adjacent to an activating group) is 1. The average molecular weight is 437 g/mol. The van der Waals surface area contributed by atoms with Crippen LogP contribution < -0.4 is 5.32 Å². The van der Waals surface area contributed by atoms with Crippen LogP contribution in [-0.2, 0) is 14.3 Å². The van der Waals surface area contributed by atoms with Gasteiger partial charge in [0, 0.05) is 13.0 Å². The van der Waals surface area contributed by atoms with Gasteiger partial charge in [-0.3, -0.25) is 4.79 Å². The Balaban J connectivity index is 1.44. The van der Waals surface area contributed by atoms with Gasteiger partial charge in [-0.25, -0.2) is 9.59 Å². The fourth-order valence-corrected chi connectivity index (χ4v) is 4.50. The van der Waals surface area contributed by atoms with Crippen LogP contribution in [0.2, 0.25) is 0 Å². The molecule has 4 rings (SSSR count). The van der Waals surface area contributed by atoms with E-state index in [4.69, 9.17) is 4.74 Å². The minimum atomic E-state index is -1.09. The molecule has 7 heteroatoms. The number of aliphatic carboxylic acids is 1. The van der Waals surface area contributed by atoms with Crippen LogP contribution in [0, 0.1) is 5.92 Å². The molecule has 2 unspecified atom stereocenters. The lowest BCUT2D eigenvalue weighted by Gasteiger charge is -2.36. The molecule has 0 aliphatic heterocycles. The Morgan fingerprint density at radius 3 is 2.12 bits per heavy atom. The number of carbonyl (C=O) groups excluding carboxylic acids is 2. The van der Waals surface area contributed by atoms with Crippen molar-refractivity contribution in [1.82, 2.24) is 10.2 Å². The second-order valence-corrected chi connectivity index (χ2v) is 8.60. The third-order valence-corrected chi connectivity index (χ3v) is 6.79. The number of benzene rings is 2. The summed E-state index contributed by atoms with van der Waals surface area (Å²) in [5.41, 5.74) is 4.51. The Morgan fingerprint density at radius 2 is 1.62 bits per heavy atom. The van der Waals surface area contributed by atoms with Crippen molar-refractivity contribution in [3.63, 3.8) is 0 Å². The van der Waals surface area contributed by atoms with Crippen molar-refractivity contribution in [3.05, 3.63) is 59.7 Å². The van der Waals surface area contributed by atoms with Crippen LogP contribution >= 0.6 is 0 Å². The molecular weight excluding hydrogens is 408 g/mol. The van der Waals surface area contributed by atoms with E-state index < -0.39 is 30.1 Å². The third kappa shape index (κ3) is 4.07. The predicted molar refractivity (Wildman–Crippen MR) is 119 cm³/mol. The second-order valence-electron chi connectivity index (χ2n) is 8.60. The summed E-state index contributed by atoms with van der Waals surface area (Å²) in [4.78, 5) is 38.1. The molecule has 7 nitrogen and oxygen atoms in total. The number of carboxylic acid groups (broad SMARTS) is 1. The van der Waals surface area contributed by atoms with Crippen molar-refractivity contribution in [2.45, 2.75) is 44.2 Å². The number of nitrogens with zero attached hydrogens (tertiary/aromatic N) is 1. The number of hydrogen-bond donors (Lipinski definition) is 2. The summed E-state index contributed by atoms with van der Waals surface area (Å²) < 4.78 is 5.59. The molecule has 0 spiro atoms. The van der Waals surface area contributed by atoms with Crippen LogP contribution in [0.3, 0.4) is 0 Å². The van der Waals surface area contributed by atoms with Gasteiger partial charge < -0.3 is 20.1 Å². The van der Waals surface area contributed by atoms with Gasteiger partial charge in [-0.05, 0) is 47.9 Å². The van der Waals surface area contributed by atoms with Crippen molar-refractivity contribution in [2.75, 3.05) is 13.7 Å². The molecule has 2 aliphatic carbocycles. The summed E-state index contributed by atoms with van der Waals surface area (Å²) in [6.45, 7) is 1.61. The number of fused-ring (bicyclic) bond motifs is 3. The Morgan fingerprint density at radius 1 is 1.06 bits per heavy atom. The highest BCUT2D eigenvalue weighted by Gasteiger charge is 2.38. The molecule has 0 heterocycles. The van der Waals surface area contributed by atoms with Crippen molar-refractivity contribution in [1.29, 1.82) is 0 Å². The van der Waals surface area contributed by atoms with E-state index in [-0.39, 0.29) is 18.4 Å². The summed E-state index contributed by atoms with van der Waals surface area (Å²) in [5, 5.41) is 12.0. The number of hydrogen-bond acceptors (Lipinski definition) is 4. The van der Waals surface area contributed by atoms with Gasteiger partial charge in [-0.2, -0.15) is 0 Å². The number of alkyl carbamates (subject to hydrolysis) is 1. The molecule has 32 heavy (non-hydrogen) atoms. The van der Waals surface area contributed by atoms with Crippen LogP contribution in [0.25, 0.3) is 11.1 Å². The number of nitrogens with one attached hydrogen (secondary N) is 1. The van der Waals surface area contributed by atoms with Gasteiger partial charge in [0.2, 0.25) is 5.91 Å². The third-order valence-electron chi connectivity index (χ3n) is 6.79. The van der Waals surface area contributed by atoms with Gasteiger partial charge >= 0.3 is 12.1 Å². The Hall–Kier alpha value is -3.35. The first-order valence-electron chi connectivity index (χ1n) is 11.0. The molecule has 2 atom stereocenters. The first-order valence-corrected chi connectivity index (χ1v) is 11.0. The number of rotatable bonds is 7. The van der Waals surface area contributed by atoms with Gasteiger partial charge in [-0.15, -0.1) is 0 Å². The topological polar surface area (TPSA) is 95.9 Å². The smallest absolute Gasteiger partial charge is 0.407 e.